The molecule has 0 spiro atoms. The van der Waals surface area contributed by atoms with Crippen LogP contribution in [0.5, 0.6) is 5.88 Å². The molecule has 6 nitrogen and oxygen atoms in total. The van der Waals surface area contributed by atoms with Gasteiger partial charge in [-0.3, -0.25) is 4.79 Å². The molecule has 0 aliphatic heterocycles. The number of ether oxygens (including phenoxy) is 1. The average Bonchev–Trinajstić information content (AvgIpc) is 3.30. The summed E-state index contributed by atoms with van der Waals surface area (Å²) in [6.45, 7) is 3.92. The number of nitrogens with zero attached hydrogens (tertiary/aromatic N) is 1. The van der Waals surface area contributed by atoms with Crippen molar-refractivity contribution < 1.29 is 19.4 Å². The van der Waals surface area contributed by atoms with E-state index in [-0.39, 0.29) is 10.6 Å². The molecule has 1 aromatic rings. The third kappa shape index (κ3) is 4.58. The largest absolute Gasteiger partial charge is 0.480 e. The first-order valence-electron chi connectivity index (χ1n) is 7.70. The van der Waals surface area contributed by atoms with E-state index >= 15 is 0 Å². The number of nitrogens with one attached hydrogen (secondary N) is 1. The van der Waals surface area contributed by atoms with Crippen molar-refractivity contribution in [3.63, 3.8) is 0 Å². The molecule has 0 bridgehead atoms. The minimum Gasteiger partial charge on any atom is -0.480 e. The minimum absolute atomic E-state index is 0.206. The maximum absolute atomic E-state index is 12.3. The molecule has 0 aromatic carbocycles. The van der Waals surface area contributed by atoms with Crippen LogP contribution < -0.4 is 10.1 Å². The summed E-state index contributed by atoms with van der Waals surface area (Å²) in [4.78, 5) is 27.7. The number of rotatable bonds is 8. The fraction of sp³-hybridized carbons (Fsp3) is 0.562. The summed E-state index contributed by atoms with van der Waals surface area (Å²) in [5.41, 5.74) is -1.11. The number of carbonyl (C=O) groups is 2. The van der Waals surface area contributed by atoms with Gasteiger partial charge >= 0.3 is 5.97 Å². The predicted octanol–water partition coefficient (Wildman–Crippen LogP) is 2.90. The Balaban J connectivity index is 2.06. The standard InChI is InChI=1S/C16H21ClN2O4/c1-3-6-16(2,15(21)22)19-13(20)11-7-12(17)14(18-8-11)23-9-10-4-5-10/h7-8,10H,3-6,9H2,1-2H3,(H,19,20)(H,21,22). The Bertz CT molecular complexity index is 604. The Morgan fingerprint density at radius 3 is 2.74 bits per heavy atom. The van der Waals surface area contributed by atoms with Crippen LogP contribution in [0.3, 0.4) is 0 Å². The van der Waals surface area contributed by atoms with Crippen molar-refractivity contribution in [2.75, 3.05) is 6.61 Å². The summed E-state index contributed by atoms with van der Waals surface area (Å²) >= 11 is 6.09. The fourth-order valence-electron chi connectivity index (χ4n) is 2.18. The molecule has 1 amide bonds. The average molecular weight is 341 g/mol. The summed E-state index contributed by atoms with van der Waals surface area (Å²) in [6.07, 6.45) is 4.62. The van der Waals surface area contributed by atoms with Crippen LogP contribution >= 0.6 is 11.6 Å². The summed E-state index contributed by atoms with van der Waals surface area (Å²) < 4.78 is 5.50. The van der Waals surface area contributed by atoms with Crippen molar-refractivity contribution in [1.82, 2.24) is 10.3 Å². The number of amides is 1. The molecular formula is C16H21ClN2O4. The molecule has 1 atom stereocenters. The second kappa shape index (κ2) is 7.17. The van der Waals surface area contributed by atoms with E-state index in [0.29, 0.717) is 31.2 Å². The molecule has 2 rings (SSSR count). The van der Waals surface area contributed by atoms with Crippen molar-refractivity contribution in [3.05, 3.63) is 22.8 Å². The number of carbonyl (C=O) groups excluding carboxylic acids is 1. The number of halogens is 1. The SMILES string of the molecule is CCCC(C)(NC(=O)c1cnc(OCC2CC2)c(Cl)c1)C(=O)O. The van der Waals surface area contributed by atoms with E-state index in [0.717, 1.165) is 12.8 Å². The monoisotopic (exact) mass is 340 g/mol. The van der Waals surface area contributed by atoms with Gasteiger partial charge in [-0.05, 0) is 38.2 Å². The van der Waals surface area contributed by atoms with E-state index in [4.69, 9.17) is 16.3 Å². The van der Waals surface area contributed by atoms with E-state index in [2.05, 4.69) is 10.3 Å². The molecule has 1 aliphatic rings. The van der Waals surface area contributed by atoms with Crippen LogP contribution in [0, 0.1) is 5.92 Å². The zero-order chi connectivity index (χ0) is 17.0. The van der Waals surface area contributed by atoms with Crippen LogP contribution in [0.25, 0.3) is 0 Å². The van der Waals surface area contributed by atoms with Gasteiger partial charge in [0.2, 0.25) is 5.88 Å². The quantitative estimate of drug-likeness (QED) is 0.759. The van der Waals surface area contributed by atoms with Crippen molar-refractivity contribution in [2.24, 2.45) is 5.92 Å². The van der Waals surface area contributed by atoms with Crippen LogP contribution in [0.4, 0.5) is 0 Å². The lowest BCUT2D eigenvalue weighted by Gasteiger charge is -2.25. The number of hydrogen-bond donors (Lipinski definition) is 2. The third-order valence-electron chi connectivity index (χ3n) is 3.83. The van der Waals surface area contributed by atoms with Gasteiger partial charge < -0.3 is 15.2 Å². The predicted molar refractivity (Wildman–Crippen MR) is 85.9 cm³/mol. The molecule has 1 unspecified atom stereocenters. The molecule has 0 saturated heterocycles. The van der Waals surface area contributed by atoms with Crippen LogP contribution in [-0.2, 0) is 4.79 Å². The normalized spacial score (nSPS) is 16.5. The van der Waals surface area contributed by atoms with Gasteiger partial charge in [-0.1, -0.05) is 24.9 Å². The Morgan fingerprint density at radius 1 is 1.52 bits per heavy atom. The zero-order valence-corrected chi connectivity index (χ0v) is 14.0. The molecule has 1 aromatic heterocycles. The molecule has 23 heavy (non-hydrogen) atoms. The van der Waals surface area contributed by atoms with Gasteiger partial charge in [-0.25, -0.2) is 9.78 Å². The van der Waals surface area contributed by atoms with Gasteiger partial charge in [0.05, 0.1) is 12.2 Å². The van der Waals surface area contributed by atoms with Crippen LogP contribution in [0.2, 0.25) is 5.02 Å². The summed E-state index contributed by atoms with van der Waals surface area (Å²) in [5, 5.41) is 12.1. The van der Waals surface area contributed by atoms with Crippen LogP contribution in [-0.4, -0.2) is 34.1 Å². The maximum atomic E-state index is 12.3. The molecule has 126 valence electrons. The number of aliphatic carboxylic acids is 1. The summed E-state index contributed by atoms with van der Waals surface area (Å²) in [7, 11) is 0. The van der Waals surface area contributed by atoms with Crippen molar-refractivity contribution in [1.29, 1.82) is 0 Å². The number of carboxylic acid groups (broad SMARTS) is 1. The minimum atomic E-state index is -1.32. The van der Waals surface area contributed by atoms with E-state index in [1.54, 1.807) is 0 Å². The second-order valence-electron chi connectivity index (χ2n) is 6.11. The molecule has 1 aliphatic carbocycles. The molecule has 2 N–H and O–H groups in total. The smallest absolute Gasteiger partial charge is 0.329 e. The molecule has 7 heteroatoms. The van der Waals surface area contributed by atoms with Gasteiger partial charge in [0, 0.05) is 6.20 Å². The van der Waals surface area contributed by atoms with E-state index in [9.17, 15) is 14.7 Å². The van der Waals surface area contributed by atoms with E-state index in [1.165, 1.54) is 19.2 Å². The molecular weight excluding hydrogens is 320 g/mol. The first-order valence-corrected chi connectivity index (χ1v) is 8.07. The molecule has 1 saturated carbocycles. The van der Waals surface area contributed by atoms with Crippen LogP contribution in [0.1, 0.15) is 49.9 Å². The van der Waals surface area contributed by atoms with E-state index in [1.807, 2.05) is 6.92 Å². The lowest BCUT2D eigenvalue weighted by atomic mass is 9.96. The van der Waals surface area contributed by atoms with Gasteiger partial charge in [0.1, 0.15) is 10.6 Å². The Labute approximate surface area is 140 Å². The highest BCUT2D eigenvalue weighted by Crippen LogP contribution is 2.31. The summed E-state index contributed by atoms with van der Waals surface area (Å²) in [5.74, 6) is -0.728. The van der Waals surface area contributed by atoms with Crippen molar-refractivity contribution >= 4 is 23.5 Å². The van der Waals surface area contributed by atoms with Gasteiger partial charge in [0.15, 0.2) is 0 Å². The van der Waals surface area contributed by atoms with Crippen molar-refractivity contribution in [3.8, 4) is 5.88 Å². The van der Waals surface area contributed by atoms with Crippen molar-refractivity contribution in [2.45, 2.75) is 45.1 Å². The lowest BCUT2D eigenvalue weighted by Crippen LogP contribution is -2.52. The fourth-order valence-corrected chi connectivity index (χ4v) is 2.40. The maximum Gasteiger partial charge on any atom is 0.329 e. The number of pyridine rings is 1. The number of hydrogen-bond acceptors (Lipinski definition) is 4. The van der Waals surface area contributed by atoms with Gasteiger partial charge in [-0.15, -0.1) is 0 Å². The highest BCUT2D eigenvalue weighted by Gasteiger charge is 2.34. The highest BCUT2D eigenvalue weighted by atomic mass is 35.5. The second-order valence-corrected chi connectivity index (χ2v) is 6.51. The Hall–Kier alpha value is -1.82. The lowest BCUT2D eigenvalue weighted by molar-refractivity contribution is -0.144. The molecule has 1 fully saturated rings. The van der Waals surface area contributed by atoms with Gasteiger partial charge in [0.25, 0.3) is 5.91 Å². The first-order chi connectivity index (χ1) is 10.9. The Morgan fingerprint density at radius 2 is 2.22 bits per heavy atom. The molecule has 0 radical (unpaired) electrons. The molecule has 1 heterocycles. The van der Waals surface area contributed by atoms with Crippen LogP contribution in [0.15, 0.2) is 12.3 Å². The highest BCUT2D eigenvalue weighted by molar-refractivity contribution is 6.32. The first kappa shape index (κ1) is 17.5. The van der Waals surface area contributed by atoms with Gasteiger partial charge in [-0.2, -0.15) is 0 Å². The number of carboxylic acids is 1. The zero-order valence-electron chi connectivity index (χ0n) is 13.3. The number of aromatic nitrogens is 1. The van der Waals surface area contributed by atoms with E-state index < -0.39 is 17.4 Å². The summed E-state index contributed by atoms with van der Waals surface area (Å²) in [6, 6.07) is 1.44. The third-order valence-corrected chi connectivity index (χ3v) is 4.10. The Kier molecular flexibility index (Phi) is 5.46. The topological polar surface area (TPSA) is 88.5 Å².